The van der Waals surface area contributed by atoms with Crippen LogP contribution in [-0.4, -0.2) is 76.9 Å². The van der Waals surface area contributed by atoms with Crippen LogP contribution in [0, 0.1) is 0 Å². The van der Waals surface area contributed by atoms with Gasteiger partial charge < -0.3 is 24.4 Å². The summed E-state index contributed by atoms with van der Waals surface area (Å²) in [7, 11) is 6.71. The third-order valence-corrected chi connectivity index (χ3v) is 4.42. The monoisotopic (exact) mass is 490 g/mol. The van der Waals surface area contributed by atoms with Crippen molar-refractivity contribution in [2.75, 3.05) is 61.1 Å². The standard InChI is InChI=1S/C19H30N4O3.HI/c1-6-7-21-19(20-2)23-10-8-22(9-11-23)14-15-12-16(24-3)18(26-5)17(13-15)25-4;/h6,12-13H,1,7-11,14H2,2-5H3,(H,20,21);1H. The maximum absolute atomic E-state index is 5.45. The summed E-state index contributed by atoms with van der Waals surface area (Å²) >= 11 is 0. The molecule has 1 saturated heterocycles. The molecule has 8 heteroatoms. The number of halogens is 1. The second kappa shape index (κ2) is 11.9. The first kappa shape index (κ1) is 23.4. The van der Waals surface area contributed by atoms with Gasteiger partial charge in [-0.1, -0.05) is 6.08 Å². The summed E-state index contributed by atoms with van der Waals surface area (Å²) in [5.41, 5.74) is 1.14. The SMILES string of the molecule is C=CCNC(=NC)N1CCN(Cc2cc(OC)c(OC)c(OC)c2)CC1.I. The van der Waals surface area contributed by atoms with Crippen LogP contribution in [0.4, 0.5) is 0 Å². The van der Waals surface area contributed by atoms with Crippen molar-refractivity contribution < 1.29 is 14.2 Å². The molecule has 1 aromatic rings. The Bertz CT molecular complexity index is 606. The van der Waals surface area contributed by atoms with Gasteiger partial charge in [-0.05, 0) is 17.7 Å². The van der Waals surface area contributed by atoms with Crippen molar-refractivity contribution in [3.8, 4) is 17.2 Å². The van der Waals surface area contributed by atoms with E-state index in [-0.39, 0.29) is 24.0 Å². The molecule has 0 aliphatic carbocycles. The Morgan fingerprint density at radius 1 is 1.11 bits per heavy atom. The summed E-state index contributed by atoms with van der Waals surface area (Å²) in [4.78, 5) is 9.03. The molecule has 0 saturated carbocycles. The minimum atomic E-state index is 0. The van der Waals surface area contributed by atoms with Crippen molar-refractivity contribution in [1.29, 1.82) is 0 Å². The van der Waals surface area contributed by atoms with Crippen molar-refractivity contribution in [2.45, 2.75) is 6.54 Å². The van der Waals surface area contributed by atoms with Gasteiger partial charge in [0.25, 0.3) is 0 Å². The summed E-state index contributed by atoms with van der Waals surface area (Å²) in [6, 6.07) is 4.02. The maximum atomic E-state index is 5.45. The average molecular weight is 490 g/mol. The van der Waals surface area contributed by atoms with Gasteiger partial charge in [-0.15, -0.1) is 30.6 Å². The number of piperazine rings is 1. The van der Waals surface area contributed by atoms with E-state index >= 15 is 0 Å². The summed E-state index contributed by atoms with van der Waals surface area (Å²) in [6.45, 7) is 9.09. The minimum Gasteiger partial charge on any atom is -0.493 e. The zero-order chi connectivity index (χ0) is 18.9. The van der Waals surface area contributed by atoms with Crippen LogP contribution in [0.15, 0.2) is 29.8 Å². The lowest BCUT2D eigenvalue weighted by Crippen LogP contribution is -2.52. The summed E-state index contributed by atoms with van der Waals surface area (Å²) < 4.78 is 16.3. The van der Waals surface area contributed by atoms with Crippen LogP contribution in [-0.2, 0) is 6.54 Å². The zero-order valence-corrected chi connectivity index (χ0v) is 19.0. The molecule has 0 atom stereocenters. The fourth-order valence-electron chi connectivity index (χ4n) is 3.10. The van der Waals surface area contributed by atoms with E-state index < -0.39 is 0 Å². The normalized spacial score (nSPS) is 15.0. The van der Waals surface area contributed by atoms with Gasteiger partial charge in [-0.3, -0.25) is 9.89 Å². The molecule has 2 rings (SSSR count). The topological polar surface area (TPSA) is 58.6 Å². The minimum absolute atomic E-state index is 0. The van der Waals surface area contributed by atoms with E-state index in [0.717, 1.165) is 50.8 Å². The Hall–Kier alpha value is -1.68. The third-order valence-electron chi connectivity index (χ3n) is 4.42. The molecule has 27 heavy (non-hydrogen) atoms. The molecule has 152 valence electrons. The van der Waals surface area contributed by atoms with Crippen molar-refractivity contribution >= 4 is 29.9 Å². The van der Waals surface area contributed by atoms with Crippen LogP contribution in [0.1, 0.15) is 5.56 Å². The summed E-state index contributed by atoms with van der Waals surface area (Å²) in [5.74, 6) is 2.93. The fourth-order valence-corrected chi connectivity index (χ4v) is 3.10. The molecule has 7 nitrogen and oxygen atoms in total. The van der Waals surface area contributed by atoms with Crippen molar-refractivity contribution in [3.05, 3.63) is 30.4 Å². The quantitative estimate of drug-likeness (QED) is 0.274. The lowest BCUT2D eigenvalue weighted by molar-refractivity contribution is 0.172. The van der Waals surface area contributed by atoms with E-state index in [9.17, 15) is 0 Å². The second-order valence-corrected chi connectivity index (χ2v) is 6.01. The summed E-state index contributed by atoms with van der Waals surface area (Å²) in [5, 5.41) is 3.29. The van der Waals surface area contributed by atoms with Gasteiger partial charge in [0, 0.05) is 46.3 Å². The largest absolute Gasteiger partial charge is 0.493 e. The zero-order valence-electron chi connectivity index (χ0n) is 16.7. The van der Waals surface area contributed by atoms with Gasteiger partial charge in [-0.2, -0.15) is 0 Å². The van der Waals surface area contributed by atoms with Gasteiger partial charge >= 0.3 is 0 Å². The number of hydrogen-bond acceptors (Lipinski definition) is 5. The first-order valence-electron chi connectivity index (χ1n) is 8.74. The number of rotatable bonds is 7. The number of nitrogens with zero attached hydrogens (tertiary/aromatic N) is 3. The first-order valence-corrected chi connectivity index (χ1v) is 8.74. The molecule has 0 amide bonds. The second-order valence-electron chi connectivity index (χ2n) is 6.01. The molecular formula is C19H31IN4O3. The Morgan fingerprint density at radius 3 is 2.15 bits per heavy atom. The fraction of sp³-hybridized carbons (Fsp3) is 0.526. The van der Waals surface area contributed by atoms with Crippen LogP contribution in [0.25, 0.3) is 0 Å². The molecular weight excluding hydrogens is 459 g/mol. The maximum Gasteiger partial charge on any atom is 0.203 e. The highest BCUT2D eigenvalue weighted by molar-refractivity contribution is 14.0. The van der Waals surface area contributed by atoms with Gasteiger partial charge in [0.15, 0.2) is 17.5 Å². The van der Waals surface area contributed by atoms with Gasteiger partial charge in [0.2, 0.25) is 5.75 Å². The predicted molar refractivity (Wildman–Crippen MR) is 120 cm³/mol. The molecule has 1 aromatic carbocycles. The number of guanidine groups is 1. The molecule has 0 unspecified atom stereocenters. The van der Waals surface area contributed by atoms with Crippen LogP contribution >= 0.6 is 24.0 Å². The Morgan fingerprint density at radius 2 is 1.70 bits per heavy atom. The number of hydrogen-bond donors (Lipinski definition) is 1. The highest BCUT2D eigenvalue weighted by Gasteiger charge is 2.21. The molecule has 0 aromatic heterocycles. The number of methoxy groups -OCH3 is 3. The number of aliphatic imine (C=N–C) groups is 1. The predicted octanol–water partition coefficient (Wildman–Crippen LogP) is 2.21. The molecule has 1 heterocycles. The smallest absolute Gasteiger partial charge is 0.203 e. The molecule has 0 radical (unpaired) electrons. The van der Waals surface area contributed by atoms with E-state index in [1.54, 1.807) is 21.3 Å². The van der Waals surface area contributed by atoms with Crippen molar-refractivity contribution in [2.24, 2.45) is 4.99 Å². The highest BCUT2D eigenvalue weighted by Crippen LogP contribution is 2.38. The Balaban J connectivity index is 0.00000364. The van der Waals surface area contributed by atoms with E-state index in [4.69, 9.17) is 14.2 Å². The molecule has 1 aliphatic rings. The first-order chi connectivity index (χ1) is 12.7. The highest BCUT2D eigenvalue weighted by atomic mass is 127. The number of benzene rings is 1. The van der Waals surface area contributed by atoms with Crippen molar-refractivity contribution in [3.63, 3.8) is 0 Å². The summed E-state index contributed by atoms with van der Waals surface area (Å²) in [6.07, 6.45) is 1.84. The van der Waals surface area contributed by atoms with Gasteiger partial charge in [0.1, 0.15) is 0 Å². The van der Waals surface area contributed by atoms with E-state index in [1.165, 1.54) is 0 Å². The molecule has 1 aliphatic heterocycles. The van der Waals surface area contributed by atoms with E-state index in [1.807, 2.05) is 25.3 Å². The lowest BCUT2D eigenvalue weighted by Gasteiger charge is -2.36. The lowest BCUT2D eigenvalue weighted by atomic mass is 10.1. The number of nitrogens with one attached hydrogen (secondary N) is 1. The Labute approximate surface area is 179 Å². The molecule has 1 N–H and O–H groups in total. The van der Waals surface area contributed by atoms with E-state index in [0.29, 0.717) is 17.2 Å². The third kappa shape index (κ3) is 6.17. The average Bonchev–Trinajstić information content (AvgIpc) is 2.68. The van der Waals surface area contributed by atoms with Gasteiger partial charge in [-0.25, -0.2) is 0 Å². The van der Waals surface area contributed by atoms with Crippen LogP contribution in [0.3, 0.4) is 0 Å². The number of ether oxygens (including phenoxy) is 3. The Kier molecular flexibility index (Phi) is 10.3. The van der Waals surface area contributed by atoms with Gasteiger partial charge in [0.05, 0.1) is 21.3 Å². The molecule has 0 bridgehead atoms. The molecule has 1 fully saturated rings. The van der Waals surface area contributed by atoms with Crippen LogP contribution < -0.4 is 19.5 Å². The van der Waals surface area contributed by atoms with Crippen molar-refractivity contribution in [1.82, 2.24) is 15.1 Å². The van der Waals surface area contributed by atoms with E-state index in [2.05, 4.69) is 26.7 Å². The van der Waals surface area contributed by atoms with Crippen LogP contribution in [0.2, 0.25) is 0 Å². The molecule has 0 spiro atoms. The van der Waals surface area contributed by atoms with Crippen LogP contribution in [0.5, 0.6) is 17.2 Å².